The monoisotopic (exact) mass is 492 g/mol. The number of likely N-dealkylation sites (tertiary alicyclic amines) is 1. The molecule has 0 saturated carbocycles. The van der Waals surface area contributed by atoms with Crippen LogP contribution in [0.3, 0.4) is 0 Å². The van der Waals surface area contributed by atoms with Crippen molar-refractivity contribution in [1.82, 2.24) is 25.1 Å². The van der Waals surface area contributed by atoms with Crippen molar-refractivity contribution in [3.8, 4) is 17.0 Å². The summed E-state index contributed by atoms with van der Waals surface area (Å²) in [6.07, 6.45) is 5.81. The number of carbonyl (C=O) groups excluding carboxylic acids is 1. The Labute approximate surface area is 205 Å². The smallest absolute Gasteiger partial charge is 0.259 e. The summed E-state index contributed by atoms with van der Waals surface area (Å²) in [6.45, 7) is 4.34. The van der Waals surface area contributed by atoms with E-state index in [1.807, 2.05) is 0 Å². The molecule has 1 aliphatic heterocycles. The summed E-state index contributed by atoms with van der Waals surface area (Å²) in [6, 6.07) is 8.90. The highest BCUT2D eigenvalue weighted by Gasteiger charge is 2.27. The van der Waals surface area contributed by atoms with E-state index in [0.29, 0.717) is 28.9 Å². The number of methoxy groups -OCH3 is 1. The number of hydrogen-bond acceptors (Lipinski definition) is 5. The Bertz CT molecular complexity index is 1350. The van der Waals surface area contributed by atoms with Gasteiger partial charge in [0, 0.05) is 57.9 Å². The predicted octanol–water partition coefficient (Wildman–Crippen LogP) is 3.49. The Balaban J connectivity index is 1.34. The number of ether oxygens (including phenoxy) is 1. The molecule has 5 rings (SSSR count). The number of rotatable bonds is 7. The molecule has 3 N–H and O–H groups in total. The second-order valence-electron chi connectivity index (χ2n) is 9.33. The second kappa shape index (κ2) is 9.63. The number of fused-ring (bicyclic) bond motifs is 1. The zero-order valence-electron chi connectivity index (χ0n) is 20.1. The fourth-order valence-corrected chi connectivity index (χ4v) is 5.71. The molecule has 4 heterocycles. The first-order valence-corrected chi connectivity index (χ1v) is 13.0. The minimum absolute atomic E-state index is 0.128. The van der Waals surface area contributed by atoms with Crippen LogP contribution < -0.4 is 10.1 Å². The minimum atomic E-state index is -0.662. The highest BCUT2D eigenvalue weighted by atomic mass is 28.1. The average Bonchev–Trinajstić information content (AvgIpc) is 3.59. The number of anilines is 1. The standard InChI is InChI=1S/C25H29FN6O2Si/c1-14(35)22-4-3-7-32(22)13-16-8-15-12-27-24(11-21(15)29-16)30-25(33)17-10-23(34-2)18(9-19(17)26)20-5-6-28-31-20/h5-6,8-12,14,22,29H,3-4,7,13H2,1-2,35H3,(H,28,31)(H,27,30,33)/t14-,22-/m1/s1. The minimum Gasteiger partial charge on any atom is -0.496 e. The van der Waals surface area contributed by atoms with Crippen molar-refractivity contribution in [3.63, 3.8) is 0 Å². The number of nitrogens with one attached hydrogen (secondary N) is 3. The van der Waals surface area contributed by atoms with Gasteiger partial charge >= 0.3 is 0 Å². The summed E-state index contributed by atoms with van der Waals surface area (Å²) in [5.74, 6) is -0.553. The van der Waals surface area contributed by atoms with Gasteiger partial charge in [-0.2, -0.15) is 5.10 Å². The summed E-state index contributed by atoms with van der Waals surface area (Å²) in [7, 11) is 2.67. The van der Waals surface area contributed by atoms with E-state index in [9.17, 15) is 9.18 Å². The number of H-pyrrole nitrogens is 2. The molecule has 0 unspecified atom stereocenters. The molecule has 0 aliphatic carbocycles. The van der Waals surface area contributed by atoms with Crippen molar-refractivity contribution >= 4 is 32.9 Å². The van der Waals surface area contributed by atoms with Crippen molar-refractivity contribution in [3.05, 3.63) is 59.8 Å². The molecule has 8 nitrogen and oxygen atoms in total. The second-order valence-corrected chi connectivity index (χ2v) is 11.2. The molecular formula is C25H29FN6O2Si. The van der Waals surface area contributed by atoms with Crippen LogP contribution in [0.1, 0.15) is 35.8 Å². The number of benzene rings is 1. The molecule has 35 heavy (non-hydrogen) atoms. The van der Waals surface area contributed by atoms with Crippen LogP contribution in [0, 0.1) is 5.82 Å². The highest BCUT2D eigenvalue weighted by Crippen LogP contribution is 2.32. The van der Waals surface area contributed by atoms with Crippen molar-refractivity contribution in [2.45, 2.75) is 37.9 Å². The molecule has 1 amide bonds. The van der Waals surface area contributed by atoms with Gasteiger partial charge in [0.2, 0.25) is 0 Å². The molecule has 4 aromatic rings. The van der Waals surface area contributed by atoms with Gasteiger partial charge in [0.15, 0.2) is 0 Å². The number of aromatic nitrogens is 4. The number of halogens is 1. The molecule has 3 aromatic heterocycles. The number of nitrogens with zero attached hydrogens (tertiary/aromatic N) is 3. The van der Waals surface area contributed by atoms with Gasteiger partial charge in [0.1, 0.15) is 17.4 Å². The summed E-state index contributed by atoms with van der Waals surface area (Å²) in [4.78, 5) is 23.3. The Hall–Kier alpha value is -3.50. The average molecular weight is 493 g/mol. The summed E-state index contributed by atoms with van der Waals surface area (Å²) in [5.41, 5.74) is 3.72. The van der Waals surface area contributed by atoms with E-state index < -0.39 is 11.7 Å². The lowest BCUT2D eigenvalue weighted by Gasteiger charge is -2.27. The molecule has 1 saturated heterocycles. The number of pyridine rings is 1. The molecule has 1 aromatic carbocycles. The van der Waals surface area contributed by atoms with Crippen LogP contribution >= 0.6 is 0 Å². The third-order valence-corrected chi connectivity index (χ3v) is 7.45. The fraction of sp³-hybridized carbons (Fsp3) is 0.320. The maximum Gasteiger partial charge on any atom is 0.259 e. The van der Waals surface area contributed by atoms with Gasteiger partial charge in [-0.15, -0.1) is 0 Å². The number of aromatic amines is 2. The number of amides is 1. The lowest BCUT2D eigenvalue weighted by molar-refractivity contribution is 0.102. The Morgan fingerprint density at radius 1 is 1.37 bits per heavy atom. The predicted molar refractivity (Wildman–Crippen MR) is 137 cm³/mol. The van der Waals surface area contributed by atoms with Gasteiger partial charge in [-0.3, -0.25) is 14.8 Å². The van der Waals surface area contributed by atoms with Crippen molar-refractivity contribution in [2.24, 2.45) is 0 Å². The Morgan fingerprint density at radius 3 is 2.97 bits per heavy atom. The Kier molecular flexibility index (Phi) is 6.40. The first kappa shape index (κ1) is 23.2. The molecule has 1 fully saturated rings. The summed E-state index contributed by atoms with van der Waals surface area (Å²) < 4.78 is 20.3. The topological polar surface area (TPSA) is 98.9 Å². The lowest BCUT2D eigenvalue weighted by Crippen LogP contribution is -2.31. The summed E-state index contributed by atoms with van der Waals surface area (Å²) >= 11 is 0. The molecule has 182 valence electrons. The van der Waals surface area contributed by atoms with Crippen molar-refractivity contribution in [2.75, 3.05) is 19.0 Å². The zero-order chi connectivity index (χ0) is 24.5. The van der Waals surface area contributed by atoms with Gasteiger partial charge in [0.25, 0.3) is 5.91 Å². The lowest BCUT2D eigenvalue weighted by atomic mass is 10.1. The highest BCUT2D eigenvalue weighted by molar-refractivity contribution is 6.11. The number of carbonyl (C=O) groups is 1. The van der Waals surface area contributed by atoms with Gasteiger partial charge in [-0.25, -0.2) is 9.37 Å². The maximum absolute atomic E-state index is 14.9. The van der Waals surface area contributed by atoms with Crippen LogP contribution in [-0.4, -0.2) is 60.9 Å². The largest absolute Gasteiger partial charge is 0.496 e. The van der Waals surface area contributed by atoms with E-state index in [-0.39, 0.29) is 5.56 Å². The molecule has 0 spiro atoms. The molecule has 0 radical (unpaired) electrons. The van der Waals surface area contributed by atoms with E-state index in [1.54, 1.807) is 24.5 Å². The van der Waals surface area contributed by atoms with Gasteiger partial charge in [-0.05, 0) is 49.2 Å². The van der Waals surface area contributed by atoms with Gasteiger partial charge in [-0.1, -0.05) is 6.92 Å². The molecular weight excluding hydrogens is 463 g/mol. The van der Waals surface area contributed by atoms with Crippen molar-refractivity contribution in [1.29, 1.82) is 0 Å². The first-order chi connectivity index (χ1) is 16.9. The quantitative estimate of drug-likeness (QED) is 0.343. The van der Waals surface area contributed by atoms with Gasteiger partial charge in [0.05, 0.1) is 23.9 Å². The van der Waals surface area contributed by atoms with Crippen LogP contribution in [0.15, 0.2) is 42.7 Å². The zero-order valence-corrected chi connectivity index (χ0v) is 22.1. The van der Waals surface area contributed by atoms with E-state index in [2.05, 4.69) is 43.4 Å². The maximum atomic E-state index is 14.9. The van der Waals surface area contributed by atoms with E-state index in [4.69, 9.17) is 4.74 Å². The molecule has 0 bridgehead atoms. The normalized spacial score (nSPS) is 17.2. The third-order valence-electron chi connectivity index (χ3n) is 6.68. The van der Waals surface area contributed by atoms with E-state index in [0.717, 1.165) is 35.2 Å². The first-order valence-electron chi connectivity index (χ1n) is 11.8. The van der Waals surface area contributed by atoms with Crippen molar-refractivity contribution < 1.29 is 13.9 Å². The van der Waals surface area contributed by atoms with Crippen LogP contribution in [0.2, 0.25) is 5.54 Å². The molecule has 2 atom stereocenters. The van der Waals surface area contributed by atoms with Crippen LogP contribution in [0.25, 0.3) is 22.2 Å². The van der Waals surface area contributed by atoms with Crippen LogP contribution in [-0.2, 0) is 6.54 Å². The van der Waals surface area contributed by atoms with E-state index >= 15 is 0 Å². The summed E-state index contributed by atoms with van der Waals surface area (Å²) in [5, 5.41) is 10.4. The number of hydrogen-bond donors (Lipinski definition) is 3. The van der Waals surface area contributed by atoms with E-state index in [1.165, 1.54) is 42.3 Å². The molecule has 10 heteroatoms. The SMILES string of the molecule is COc1cc(C(=O)Nc2cc3[nH]c(CN4CCC[C@@H]4[C@@H](C)[SiH3])cc3cn2)c(F)cc1-c1ccn[nH]1. The Morgan fingerprint density at radius 2 is 2.23 bits per heavy atom. The fourth-order valence-electron chi connectivity index (χ4n) is 4.96. The van der Waals surface area contributed by atoms with Crippen LogP contribution in [0.5, 0.6) is 5.75 Å². The van der Waals surface area contributed by atoms with Crippen LogP contribution in [0.4, 0.5) is 10.2 Å². The molecule has 1 aliphatic rings. The third kappa shape index (κ3) is 4.71. The van der Waals surface area contributed by atoms with Gasteiger partial charge < -0.3 is 15.0 Å².